The van der Waals surface area contributed by atoms with Gasteiger partial charge in [0.25, 0.3) is 0 Å². The van der Waals surface area contributed by atoms with E-state index in [0.29, 0.717) is 12.5 Å². The molecule has 1 amide bonds. The highest BCUT2D eigenvalue weighted by molar-refractivity contribution is 5.68. The normalized spacial score (nSPS) is 16.5. The number of hydrogen-bond acceptors (Lipinski definition) is 4. The number of rotatable bonds is 3. The van der Waals surface area contributed by atoms with Gasteiger partial charge < -0.3 is 14.4 Å². The van der Waals surface area contributed by atoms with Crippen LogP contribution in [-0.2, 0) is 4.74 Å². The number of nitrogens with zero attached hydrogens (tertiary/aromatic N) is 2. The Morgan fingerprint density at radius 1 is 1.36 bits per heavy atom. The highest BCUT2D eigenvalue weighted by atomic mass is 16.6. The maximum absolute atomic E-state index is 12.0. The van der Waals surface area contributed by atoms with Gasteiger partial charge in [-0.05, 0) is 52.5 Å². The number of carbonyl (C=O) groups is 1. The van der Waals surface area contributed by atoms with E-state index in [2.05, 4.69) is 4.98 Å². The molecule has 0 saturated carbocycles. The van der Waals surface area contributed by atoms with Crippen molar-refractivity contribution in [1.82, 2.24) is 9.88 Å². The SMILES string of the molecule is Cc1cnccc1OCC1CCN(C(=O)OC(C)(C)C)CC1. The quantitative estimate of drug-likeness (QED) is 0.858. The molecule has 0 aliphatic carbocycles. The van der Waals surface area contributed by atoms with Crippen molar-refractivity contribution in [2.45, 2.75) is 46.1 Å². The van der Waals surface area contributed by atoms with Gasteiger partial charge in [-0.3, -0.25) is 4.98 Å². The lowest BCUT2D eigenvalue weighted by atomic mass is 9.98. The minimum Gasteiger partial charge on any atom is -0.493 e. The van der Waals surface area contributed by atoms with Crippen molar-refractivity contribution >= 4 is 6.09 Å². The summed E-state index contributed by atoms with van der Waals surface area (Å²) in [6.45, 7) is 9.82. The van der Waals surface area contributed by atoms with E-state index in [9.17, 15) is 4.79 Å². The van der Waals surface area contributed by atoms with Crippen molar-refractivity contribution in [2.24, 2.45) is 5.92 Å². The van der Waals surface area contributed by atoms with Crippen molar-refractivity contribution < 1.29 is 14.3 Å². The summed E-state index contributed by atoms with van der Waals surface area (Å²) >= 11 is 0. The molecule has 22 heavy (non-hydrogen) atoms. The van der Waals surface area contributed by atoms with Gasteiger partial charge in [-0.15, -0.1) is 0 Å². The van der Waals surface area contributed by atoms with Gasteiger partial charge in [0, 0.05) is 31.0 Å². The molecule has 0 aromatic carbocycles. The molecule has 0 bridgehead atoms. The summed E-state index contributed by atoms with van der Waals surface area (Å²) in [7, 11) is 0. The Hall–Kier alpha value is -1.78. The average molecular weight is 306 g/mol. The van der Waals surface area contributed by atoms with Crippen LogP contribution in [0, 0.1) is 12.8 Å². The van der Waals surface area contributed by atoms with Gasteiger partial charge in [-0.1, -0.05) is 0 Å². The minimum atomic E-state index is -0.435. The fourth-order valence-corrected chi connectivity index (χ4v) is 2.44. The van der Waals surface area contributed by atoms with Crippen LogP contribution in [0.25, 0.3) is 0 Å². The van der Waals surface area contributed by atoms with Crippen LogP contribution in [0.4, 0.5) is 4.79 Å². The molecule has 5 nitrogen and oxygen atoms in total. The van der Waals surface area contributed by atoms with E-state index in [1.54, 1.807) is 17.3 Å². The van der Waals surface area contributed by atoms with E-state index in [4.69, 9.17) is 9.47 Å². The van der Waals surface area contributed by atoms with Gasteiger partial charge in [0.2, 0.25) is 0 Å². The fourth-order valence-electron chi connectivity index (χ4n) is 2.44. The Bertz CT molecular complexity index is 503. The summed E-state index contributed by atoms with van der Waals surface area (Å²) in [6, 6.07) is 1.89. The summed E-state index contributed by atoms with van der Waals surface area (Å²) in [4.78, 5) is 17.9. The first-order valence-electron chi connectivity index (χ1n) is 7.86. The second-order valence-electron chi connectivity index (χ2n) is 6.86. The van der Waals surface area contributed by atoms with Crippen LogP contribution in [0.2, 0.25) is 0 Å². The van der Waals surface area contributed by atoms with Gasteiger partial charge in [-0.25, -0.2) is 4.79 Å². The van der Waals surface area contributed by atoms with Gasteiger partial charge in [0.1, 0.15) is 11.4 Å². The Labute approximate surface area is 132 Å². The van der Waals surface area contributed by atoms with Crippen LogP contribution >= 0.6 is 0 Å². The minimum absolute atomic E-state index is 0.211. The summed E-state index contributed by atoms with van der Waals surface area (Å²) in [5.41, 5.74) is 0.615. The molecule has 0 N–H and O–H groups in total. The smallest absolute Gasteiger partial charge is 0.410 e. The third-order valence-electron chi connectivity index (χ3n) is 3.71. The van der Waals surface area contributed by atoms with Gasteiger partial charge >= 0.3 is 6.09 Å². The van der Waals surface area contributed by atoms with E-state index < -0.39 is 5.60 Å². The number of amides is 1. The molecule has 2 heterocycles. The van der Waals surface area contributed by atoms with E-state index in [1.165, 1.54) is 0 Å². The Morgan fingerprint density at radius 2 is 2.05 bits per heavy atom. The zero-order valence-corrected chi connectivity index (χ0v) is 14.0. The number of aryl methyl sites for hydroxylation is 1. The maximum atomic E-state index is 12.0. The van der Waals surface area contributed by atoms with Crippen molar-refractivity contribution in [2.75, 3.05) is 19.7 Å². The lowest BCUT2D eigenvalue weighted by Crippen LogP contribution is -2.42. The highest BCUT2D eigenvalue weighted by Crippen LogP contribution is 2.22. The van der Waals surface area contributed by atoms with Crippen LogP contribution in [0.15, 0.2) is 18.5 Å². The highest BCUT2D eigenvalue weighted by Gasteiger charge is 2.27. The zero-order valence-electron chi connectivity index (χ0n) is 14.0. The van der Waals surface area contributed by atoms with Crippen LogP contribution in [-0.4, -0.2) is 41.3 Å². The van der Waals surface area contributed by atoms with E-state index >= 15 is 0 Å². The monoisotopic (exact) mass is 306 g/mol. The molecule has 0 radical (unpaired) electrons. The van der Waals surface area contributed by atoms with E-state index in [1.807, 2.05) is 33.8 Å². The van der Waals surface area contributed by atoms with Crippen molar-refractivity contribution in [3.05, 3.63) is 24.0 Å². The van der Waals surface area contributed by atoms with Crippen LogP contribution in [0.3, 0.4) is 0 Å². The third kappa shape index (κ3) is 4.90. The lowest BCUT2D eigenvalue weighted by molar-refractivity contribution is 0.0165. The first-order chi connectivity index (χ1) is 10.3. The summed E-state index contributed by atoms with van der Waals surface area (Å²) in [5.74, 6) is 1.37. The zero-order chi connectivity index (χ0) is 16.2. The number of hydrogen-bond donors (Lipinski definition) is 0. The predicted octanol–water partition coefficient (Wildman–Crippen LogP) is 3.42. The average Bonchev–Trinajstić information content (AvgIpc) is 2.45. The lowest BCUT2D eigenvalue weighted by Gasteiger charge is -2.33. The standard InChI is InChI=1S/C17H26N2O3/c1-13-11-18-8-5-15(13)21-12-14-6-9-19(10-7-14)16(20)22-17(2,3)4/h5,8,11,14H,6-7,9-10,12H2,1-4H3. The maximum Gasteiger partial charge on any atom is 0.410 e. The van der Waals surface area contributed by atoms with Gasteiger partial charge in [-0.2, -0.15) is 0 Å². The topological polar surface area (TPSA) is 51.7 Å². The Balaban J connectivity index is 1.76. The molecule has 1 fully saturated rings. The molecule has 1 aliphatic heterocycles. The molecular weight excluding hydrogens is 280 g/mol. The Morgan fingerprint density at radius 3 is 2.64 bits per heavy atom. The molecule has 0 unspecified atom stereocenters. The fraction of sp³-hybridized carbons (Fsp3) is 0.647. The second-order valence-corrected chi connectivity index (χ2v) is 6.86. The first kappa shape index (κ1) is 16.6. The summed E-state index contributed by atoms with van der Waals surface area (Å²) < 4.78 is 11.3. The second kappa shape index (κ2) is 6.99. The van der Waals surface area contributed by atoms with Crippen LogP contribution in [0.5, 0.6) is 5.75 Å². The Kier molecular flexibility index (Phi) is 5.27. The number of piperidine rings is 1. The number of carbonyl (C=O) groups excluding carboxylic acids is 1. The molecular formula is C17H26N2O3. The molecule has 0 spiro atoms. The molecule has 1 aromatic rings. The van der Waals surface area contributed by atoms with Crippen LogP contribution < -0.4 is 4.74 Å². The molecule has 1 aromatic heterocycles. The molecule has 1 aliphatic rings. The number of likely N-dealkylation sites (tertiary alicyclic amines) is 1. The van der Waals surface area contributed by atoms with Gasteiger partial charge in [0.05, 0.1) is 6.61 Å². The third-order valence-corrected chi connectivity index (χ3v) is 3.71. The largest absolute Gasteiger partial charge is 0.493 e. The van der Waals surface area contributed by atoms with Crippen molar-refractivity contribution in [3.8, 4) is 5.75 Å². The molecule has 2 rings (SSSR count). The summed E-state index contributed by atoms with van der Waals surface area (Å²) in [5, 5.41) is 0. The van der Waals surface area contributed by atoms with Crippen molar-refractivity contribution in [1.29, 1.82) is 0 Å². The van der Waals surface area contributed by atoms with Crippen LogP contribution in [0.1, 0.15) is 39.2 Å². The molecule has 1 saturated heterocycles. The van der Waals surface area contributed by atoms with E-state index in [-0.39, 0.29) is 6.09 Å². The molecule has 0 atom stereocenters. The summed E-state index contributed by atoms with van der Waals surface area (Å²) in [6.07, 6.45) is 5.23. The molecule has 5 heteroatoms. The number of pyridine rings is 1. The van der Waals surface area contributed by atoms with Crippen molar-refractivity contribution in [3.63, 3.8) is 0 Å². The van der Waals surface area contributed by atoms with E-state index in [0.717, 1.165) is 37.2 Å². The van der Waals surface area contributed by atoms with Gasteiger partial charge in [0.15, 0.2) is 0 Å². The first-order valence-corrected chi connectivity index (χ1v) is 7.86. The number of aromatic nitrogens is 1. The molecule has 122 valence electrons. The number of ether oxygens (including phenoxy) is 2. The predicted molar refractivity (Wildman–Crippen MR) is 85.0 cm³/mol.